The molecule has 1 aliphatic heterocycles. The lowest BCUT2D eigenvalue weighted by atomic mass is 10.0. The summed E-state index contributed by atoms with van der Waals surface area (Å²) in [5, 5.41) is 9.35. The molecule has 2 aliphatic rings. The molecule has 2 N–H and O–H groups in total. The van der Waals surface area contributed by atoms with E-state index >= 15 is 0 Å². The first-order valence-corrected chi connectivity index (χ1v) is 8.48. The van der Waals surface area contributed by atoms with Crippen LogP contribution in [0.15, 0.2) is 0 Å². The first-order chi connectivity index (χ1) is 8.64. The van der Waals surface area contributed by atoms with E-state index < -0.39 is 10.2 Å². The van der Waals surface area contributed by atoms with Crippen LogP contribution in [-0.2, 0) is 10.2 Å². The van der Waals surface area contributed by atoms with E-state index in [1.165, 1.54) is 4.31 Å². The van der Waals surface area contributed by atoms with Gasteiger partial charge in [-0.25, -0.2) is 0 Å². The van der Waals surface area contributed by atoms with Crippen LogP contribution < -0.4 is 4.72 Å². The second-order valence-corrected chi connectivity index (χ2v) is 8.60. The summed E-state index contributed by atoms with van der Waals surface area (Å²) in [7, 11) is -3.50. The summed E-state index contributed by atoms with van der Waals surface area (Å²) in [4.78, 5) is 0. The predicted molar refractivity (Wildman–Crippen MR) is 74.8 cm³/mol. The Morgan fingerprint density at radius 1 is 1.21 bits per heavy atom. The number of nitrogens with zero attached hydrogens (tertiary/aromatic N) is 1. The molecule has 1 saturated heterocycles. The monoisotopic (exact) mass is 290 g/mol. The zero-order valence-corrected chi connectivity index (χ0v) is 13.1. The van der Waals surface area contributed by atoms with Crippen LogP contribution in [0.1, 0.15) is 47.0 Å². The van der Waals surface area contributed by atoms with Crippen LogP contribution in [0.4, 0.5) is 0 Å². The number of hydrogen-bond donors (Lipinski definition) is 2. The Morgan fingerprint density at radius 3 is 2.26 bits per heavy atom. The third-order valence-electron chi connectivity index (χ3n) is 5.38. The molecule has 0 spiro atoms. The highest BCUT2D eigenvalue weighted by atomic mass is 32.2. The molecule has 5 nitrogen and oxygen atoms in total. The first-order valence-electron chi connectivity index (χ1n) is 7.04. The molecule has 2 fully saturated rings. The molecule has 0 aromatic carbocycles. The molecular formula is C13H26N2O3S. The van der Waals surface area contributed by atoms with Crippen molar-refractivity contribution in [2.45, 2.75) is 59.0 Å². The molecule has 19 heavy (non-hydrogen) atoms. The fourth-order valence-corrected chi connectivity index (χ4v) is 5.14. The maximum absolute atomic E-state index is 12.5. The quantitative estimate of drug-likeness (QED) is 0.814. The number of aliphatic hydroxyl groups excluding tert-OH is 1. The fourth-order valence-electron chi connectivity index (χ4n) is 3.18. The summed E-state index contributed by atoms with van der Waals surface area (Å²) in [6.07, 6.45) is 2.60. The zero-order chi connectivity index (χ0) is 14.5. The van der Waals surface area contributed by atoms with E-state index in [9.17, 15) is 13.5 Å². The van der Waals surface area contributed by atoms with Gasteiger partial charge in [0.1, 0.15) is 0 Å². The number of nitrogens with one attached hydrogen (secondary N) is 1. The smallest absolute Gasteiger partial charge is 0.280 e. The molecule has 1 heterocycles. The van der Waals surface area contributed by atoms with Crippen LogP contribution in [0.2, 0.25) is 0 Å². The zero-order valence-electron chi connectivity index (χ0n) is 12.3. The number of piperidine rings is 1. The summed E-state index contributed by atoms with van der Waals surface area (Å²) >= 11 is 0. The SMILES string of the molecule is CC1(C)C(NS(=O)(=O)N2CCCCC2CO)C1(C)C. The minimum Gasteiger partial charge on any atom is -0.395 e. The third kappa shape index (κ3) is 2.44. The Kier molecular flexibility index (Phi) is 3.75. The number of hydrogen-bond acceptors (Lipinski definition) is 3. The van der Waals surface area contributed by atoms with Gasteiger partial charge in [0, 0.05) is 18.6 Å². The van der Waals surface area contributed by atoms with Crippen LogP contribution in [0.3, 0.4) is 0 Å². The fraction of sp³-hybridized carbons (Fsp3) is 1.00. The lowest BCUT2D eigenvalue weighted by Gasteiger charge is -2.33. The molecule has 0 bridgehead atoms. The van der Waals surface area contributed by atoms with E-state index in [2.05, 4.69) is 32.4 Å². The van der Waals surface area contributed by atoms with Crippen LogP contribution in [0.25, 0.3) is 0 Å². The van der Waals surface area contributed by atoms with Crippen molar-refractivity contribution < 1.29 is 13.5 Å². The van der Waals surface area contributed by atoms with Crippen molar-refractivity contribution >= 4 is 10.2 Å². The van der Waals surface area contributed by atoms with Gasteiger partial charge in [-0.3, -0.25) is 0 Å². The Balaban J connectivity index is 2.11. The van der Waals surface area contributed by atoms with Gasteiger partial charge in [0.05, 0.1) is 6.61 Å². The summed E-state index contributed by atoms with van der Waals surface area (Å²) < 4.78 is 29.2. The average Bonchev–Trinajstić information content (AvgIpc) is 2.71. The Morgan fingerprint density at radius 2 is 1.79 bits per heavy atom. The molecule has 1 saturated carbocycles. The van der Waals surface area contributed by atoms with Crippen molar-refractivity contribution in [3.63, 3.8) is 0 Å². The molecule has 0 radical (unpaired) electrons. The lowest BCUT2D eigenvalue weighted by molar-refractivity contribution is 0.153. The molecule has 1 unspecified atom stereocenters. The van der Waals surface area contributed by atoms with E-state index in [0.717, 1.165) is 19.3 Å². The van der Waals surface area contributed by atoms with Gasteiger partial charge in [-0.2, -0.15) is 17.4 Å². The van der Waals surface area contributed by atoms with Crippen molar-refractivity contribution in [1.29, 1.82) is 0 Å². The predicted octanol–water partition coefficient (Wildman–Crippen LogP) is 1.10. The second kappa shape index (κ2) is 4.69. The van der Waals surface area contributed by atoms with Crippen molar-refractivity contribution in [3.05, 3.63) is 0 Å². The van der Waals surface area contributed by atoms with E-state index in [0.29, 0.717) is 6.54 Å². The van der Waals surface area contributed by atoms with E-state index in [1.54, 1.807) is 0 Å². The highest BCUT2D eigenvalue weighted by molar-refractivity contribution is 7.87. The average molecular weight is 290 g/mol. The van der Waals surface area contributed by atoms with Gasteiger partial charge >= 0.3 is 0 Å². The summed E-state index contributed by atoms with van der Waals surface area (Å²) in [5.41, 5.74) is -0.0465. The van der Waals surface area contributed by atoms with Gasteiger partial charge in [0.25, 0.3) is 10.2 Å². The van der Waals surface area contributed by atoms with Gasteiger partial charge < -0.3 is 5.11 Å². The molecule has 112 valence electrons. The standard InChI is InChI=1S/C13H26N2O3S/c1-12(2)11(13(12,3)4)14-19(17,18)15-8-6-5-7-10(15)9-16/h10-11,14,16H,5-9H2,1-4H3. The van der Waals surface area contributed by atoms with Crippen molar-refractivity contribution in [2.75, 3.05) is 13.2 Å². The Bertz CT molecular complexity index is 431. The van der Waals surface area contributed by atoms with Crippen LogP contribution in [0.5, 0.6) is 0 Å². The van der Waals surface area contributed by atoms with Crippen LogP contribution in [0, 0.1) is 10.8 Å². The maximum Gasteiger partial charge on any atom is 0.280 e. The van der Waals surface area contributed by atoms with Gasteiger partial charge in [-0.15, -0.1) is 0 Å². The normalized spacial score (nSPS) is 31.3. The topological polar surface area (TPSA) is 69.6 Å². The van der Waals surface area contributed by atoms with Gasteiger partial charge in [-0.05, 0) is 23.7 Å². The molecule has 0 aromatic heterocycles. The lowest BCUT2D eigenvalue weighted by Crippen LogP contribution is -2.51. The van der Waals surface area contributed by atoms with Crippen molar-refractivity contribution in [2.24, 2.45) is 10.8 Å². The highest BCUT2D eigenvalue weighted by Gasteiger charge is 2.66. The van der Waals surface area contributed by atoms with Gasteiger partial charge in [0.15, 0.2) is 0 Å². The molecule has 1 aliphatic carbocycles. The Labute approximate surface area is 116 Å². The maximum atomic E-state index is 12.5. The molecule has 0 aromatic rings. The summed E-state index contributed by atoms with van der Waals surface area (Å²) in [5.74, 6) is 0. The van der Waals surface area contributed by atoms with Crippen molar-refractivity contribution in [3.8, 4) is 0 Å². The minimum atomic E-state index is -3.50. The van der Waals surface area contributed by atoms with Crippen molar-refractivity contribution in [1.82, 2.24) is 9.03 Å². The third-order valence-corrected chi connectivity index (χ3v) is 7.01. The largest absolute Gasteiger partial charge is 0.395 e. The second-order valence-electron chi connectivity index (χ2n) is 6.94. The number of rotatable bonds is 4. The Hall–Kier alpha value is -0.170. The molecule has 6 heteroatoms. The van der Waals surface area contributed by atoms with Crippen LogP contribution >= 0.6 is 0 Å². The highest BCUT2D eigenvalue weighted by Crippen LogP contribution is 2.62. The first kappa shape index (κ1) is 15.2. The summed E-state index contributed by atoms with van der Waals surface area (Å²) in [6, 6.07) is -0.303. The van der Waals surface area contributed by atoms with Gasteiger partial charge in [0.2, 0.25) is 0 Å². The van der Waals surface area contributed by atoms with Crippen LogP contribution in [-0.4, -0.2) is 43.1 Å². The molecular weight excluding hydrogens is 264 g/mol. The molecule has 1 atom stereocenters. The molecule has 0 amide bonds. The van der Waals surface area contributed by atoms with E-state index in [-0.39, 0.29) is 29.5 Å². The van der Waals surface area contributed by atoms with E-state index in [1.807, 2.05) is 0 Å². The van der Waals surface area contributed by atoms with Gasteiger partial charge in [-0.1, -0.05) is 34.1 Å². The number of aliphatic hydroxyl groups is 1. The minimum absolute atomic E-state index is 0.0232. The molecule has 2 rings (SSSR count). The summed E-state index contributed by atoms with van der Waals surface area (Å²) in [6.45, 7) is 8.74. The van der Waals surface area contributed by atoms with E-state index in [4.69, 9.17) is 0 Å².